The molecule has 0 unspecified atom stereocenters. The first-order valence-corrected chi connectivity index (χ1v) is 22.4. The van der Waals surface area contributed by atoms with Crippen LogP contribution >= 0.6 is 7.82 Å². The van der Waals surface area contributed by atoms with Crippen LogP contribution in [-0.4, -0.2) is 74.7 Å². The maximum atomic E-state index is 12.5. The number of hydrogen-bond acceptors (Lipinski definition) is 9. The first-order valence-electron chi connectivity index (χ1n) is 20.9. The van der Waals surface area contributed by atoms with Crippen molar-refractivity contribution in [1.29, 1.82) is 0 Å². The summed E-state index contributed by atoms with van der Waals surface area (Å²) in [5, 5.41) is 31.2. The number of unbranched alkanes of at least 4 members (excludes halogenated alkanes) is 18. The molecule has 5 N–H and O–H groups in total. The number of aliphatic hydroxyl groups is 3. The van der Waals surface area contributed by atoms with E-state index in [2.05, 4.69) is 18.4 Å². The highest BCUT2D eigenvalue weighted by atomic mass is 31.2. The van der Waals surface area contributed by atoms with Gasteiger partial charge in [0.2, 0.25) is 0 Å². The smallest absolute Gasteiger partial charge is 0.462 e. The van der Waals surface area contributed by atoms with Crippen molar-refractivity contribution >= 4 is 19.8 Å². The van der Waals surface area contributed by atoms with Crippen LogP contribution < -0.4 is 0 Å². The van der Waals surface area contributed by atoms with Gasteiger partial charge in [-0.25, -0.2) is 4.57 Å². The summed E-state index contributed by atoms with van der Waals surface area (Å²) >= 11 is 0. The summed E-state index contributed by atoms with van der Waals surface area (Å²) in [5.74, 6) is -1.81. The molecular formula is C41H75O11P. The monoisotopic (exact) mass is 775 g/mol. The Bertz CT molecular complexity index is 1030. The molecule has 1 rings (SSSR count). The van der Waals surface area contributed by atoms with Crippen LogP contribution in [0.15, 0.2) is 24.3 Å². The Morgan fingerprint density at radius 2 is 1.25 bits per heavy atom. The zero-order valence-corrected chi connectivity index (χ0v) is 33.9. The van der Waals surface area contributed by atoms with Gasteiger partial charge in [-0.1, -0.05) is 160 Å². The molecule has 0 saturated heterocycles. The largest absolute Gasteiger partial charge is 0.469 e. The molecule has 0 heterocycles. The van der Waals surface area contributed by atoms with E-state index in [1.165, 1.54) is 83.5 Å². The van der Waals surface area contributed by atoms with Gasteiger partial charge in [0.1, 0.15) is 6.61 Å². The molecule has 0 radical (unpaired) electrons. The Morgan fingerprint density at radius 3 is 1.79 bits per heavy atom. The number of phosphoric ester groups is 1. The molecule has 0 aliphatic heterocycles. The van der Waals surface area contributed by atoms with E-state index in [1.54, 1.807) is 24.3 Å². The average Bonchev–Trinajstić information content (AvgIpc) is 3.38. The van der Waals surface area contributed by atoms with E-state index < -0.39 is 57.4 Å². The van der Waals surface area contributed by atoms with E-state index in [-0.39, 0.29) is 31.1 Å². The van der Waals surface area contributed by atoms with Gasteiger partial charge in [-0.2, -0.15) is 0 Å². The fourth-order valence-electron chi connectivity index (χ4n) is 6.88. The van der Waals surface area contributed by atoms with Gasteiger partial charge in [-0.15, -0.1) is 0 Å². The number of rotatable bonds is 34. The fourth-order valence-corrected chi connectivity index (χ4v) is 7.24. The Balaban J connectivity index is 2.31. The number of carbonyl (C=O) groups excluding carboxylic acids is 2. The van der Waals surface area contributed by atoms with E-state index >= 15 is 0 Å². The number of aliphatic hydroxyl groups excluding tert-OH is 3. The molecule has 11 nitrogen and oxygen atoms in total. The summed E-state index contributed by atoms with van der Waals surface area (Å²) in [6, 6.07) is 0. The van der Waals surface area contributed by atoms with Gasteiger partial charge in [0, 0.05) is 18.8 Å². The van der Waals surface area contributed by atoms with Crippen molar-refractivity contribution < 1.29 is 53.3 Å². The second-order valence-corrected chi connectivity index (χ2v) is 16.2. The molecule has 0 aromatic carbocycles. The van der Waals surface area contributed by atoms with E-state index in [0.29, 0.717) is 19.3 Å². The van der Waals surface area contributed by atoms with Gasteiger partial charge in [0.05, 0.1) is 31.3 Å². The van der Waals surface area contributed by atoms with Crippen molar-refractivity contribution in [2.24, 2.45) is 11.8 Å². The molecule has 6 atom stereocenters. The lowest BCUT2D eigenvalue weighted by Crippen LogP contribution is -2.29. The summed E-state index contributed by atoms with van der Waals surface area (Å²) in [6.45, 7) is 3.31. The third-order valence-corrected chi connectivity index (χ3v) is 10.6. The standard InChI is InChI=1S/C41H75O11P/c1-3-5-7-8-9-10-11-12-13-14-15-16-17-18-19-20-22-27-40(45)50-32-35(33-51-53(47,48)49)52-41(46)28-24-23-26-36-37(39(44)31-38(36)43)30-29-34(42)25-21-6-4-2/h23-24,29-30,34-39,42-44H,3-22,25-28,31-33H2,1-2H3,(H2,47,48,49)/b24-23-,30-29+/t34-,35-,36+,37-,38+,39-/m1/s1. The molecule has 0 spiro atoms. The third kappa shape index (κ3) is 27.6. The number of hydrogen-bond donors (Lipinski definition) is 5. The van der Waals surface area contributed by atoms with Crippen molar-refractivity contribution in [3.05, 3.63) is 24.3 Å². The zero-order chi connectivity index (χ0) is 39.2. The summed E-state index contributed by atoms with van der Waals surface area (Å²) in [7, 11) is -4.84. The minimum Gasteiger partial charge on any atom is -0.462 e. The number of esters is 2. The van der Waals surface area contributed by atoms with Crippen LogP contribution in [0.25, 0.3) is 0 Å². The van der Waals surface area contributed by atoms with Crippen molar-refractivity contribution in [2.75, 3.05) is 13.2 Å². The molecule has 1 saturated carbocycles. The molecule has 1 fully saturated rings. The third-order valence-electron chi connectivity index (χ3n) is 10.1. The number of phosphoric acid groups is 1. The van der Waals surface area contributed by atoms with Crippen LogP contribution in [0.2, 0.25) is 0 Å². The van der Waals surface area contributed by atoms with E-state index in [1.807, 2.05) is 0 Å². The Kier molecular flexibility index (Phi) is 29.5. The van der Waals surface area contributed by atoms with Crippen LogP contribution in [0.1, 0.15) is 174 Å². The molecule has 12 heteroatoms. The molecule has 1 aliphatic rings. The number of allylic oxidation sites excluding steroid dienone is 1. The summed E-state index contributed by atoms with van der Waals surface area (Å²) < 4.78 is 26.3. The minimum absolute atomic E-state index is 0.165. The van der Waals surface area contributed by atoms with Gasteiger partial charge in [-0.05, 0) is 25.2 Å². The lowest BCUT2D eigenvalue weighted by atomic mass is 9.89. The topological polar surface area (TPSA) is 180 Å². The van der Waals surface area contributed by atoms with Crippen molar-refractivity contribution in [1.82, 2.24) is 0 Å². The molecular weight excluding hydrogens is 699 g/mol. The first-order chi connectivity index (χ1) is 25.5. The maximum absolute atomic E-state index is 12.5. The van der Waals surface area contributed by atoms with Crippen LogP contribution in [0.5, 0.6) is 0 Å². The predicted molar refractivity (Wildman–Crippen MR) is 209 cm³/mol. The predicted octanol–water partition coefficient (Wildman–Crippen LogP) is 8.78. The lowest BCUT2D eigenvalue weighted by Gasteiger charge is -2.20. The number of ether oxygens (including phenoxy) is 2. The summed E-state index contributed by atoms with van der Waals surface area (Å²) in [4.78, 5) is 43.1. The lowest BCUT2D eigenvalue weighted by molar-refractivity contribution is -0.160. The molecule has 310 valence electrons. The van der Waals surface area contributed by atoms with Gasteiger partial charge in [0.25, 0.3) is 0 Å². The molecule has 0 aromatic rings. The fraction of sp³-hybridized carbons (Fsp3) is 0.854. The highest BCUT2D eigenvalue weighted by Gasteiger charge is 2.39. The van der Waals surface area contributed by atoms with Gasteiger partial charge in [-0.3, -0.25) is 14.1 Å². The highest BCUT2D eigenvalue weighted by molar-refractivity contribution is 7.46. The SMILES string of the molecule is CCCCCCCCCCCCCCCCCCCC(=O)OC[C@H](COP(=O)(O)O)OC(=O)C/C=C\C[C@H]1[C@@H](/C=C/[C@H](O)CCCCC)[C@H](O)C[C@@H]1O. The van der Waals surface area contributed by atoms with Crippen molar-refractivity contribution in [2.45, 2.75) is 199 Å². The normalized spacial score (nSPS) is 20.4. The number of carbonyl (C=O) groups is 2. The maximum Gasteiger partial charge on any atom is 0.469 e. The molecule has 0 amide bonds. The summed E-state index contributed by atoms with van der Waals surface area (Å²) in [5.41, 5.74) is 0. The first kappa shape index (κ1) is 49.4. The Hall–Kier alpha value is -1.59. The Morgan fingerprint density at radius 1 is 0.717 bits per heavy atom. The van der Waals surface area contributed by atoms with Gasteiger partial charge in [0.15, 0.2) is 6.10 Å². The second kappa shape index (κ2) is 31.6. The van der Waals surface area contributed by atoms with Crippen molar-refractivity contribution in [3.63, 3.8) is 0 Å². The van der Waals surface area contributed by atoms with Gasteiger partial charge >= 0.3 is 19.8 Å². The molecule has 0 aromatic heterocycles. The quantitative estimate of drug-likeness (QED) is 0.0183. The Labute approximate surface area is 320 Å². The summed E-state index contributed by atoms with van der Waals surface area (Å²) in [6.07, 6.45) is 28.9. The molecule has 53 heavy (non-hydrogen) atoms. The van der Waals surface area contributed by atoms with Crippen LogP contribution in [0.4, 0.5) is 0 Å². The molecule has 0 bridgehead atoms. The van der Waals surface area contributed by atoms with E-state index in [4.69, 9.17) is 19.3 Å². The highest BCUT2D eigenvalue weighted by Crippen LogP contribution is 2.37. The molecule has 1 aliphatic carbocycles. The van der Waals surface area contributed by atoms with E-state index in [9.17, 15) is 29.5 Å². The van der Waals surface area contributed by atoms with E-state index in [0.717, 1.165) is 38.5 Å². The zero-order valence-electron chi connectivity index (χ0n) is 33.0. The second-order valence-electron chi connectivity index (χ2n) is 15.0. The van der Waals surface area contributed by atoms with Crippen LogP contribution in [0, 0.1) is 11.8 Å². The minimum atomic E-state index is -4.84. The van der Waals surface area contributed by atoms with Crippen LogP contribution in [0.3, 0.4) is 0 Å². The van der Waals surface area contributed by atoms with Gasteiger partial charge < -0.3 is 34.6 Å². The van der Waals surface area contributed by atoms with Crippen LogP contribution in [-0.2, 0) is 28.2 Å². The average molecular weight is 775 g/mol. The van der Waals surface area contributed by atoms with Crippen molar-refractivity contribution in [3.8, 4) is 0 Å².